The van der Waals surface area contributed by atoms with Gasteiger partial charge in [0.15, 0.2) is 11.5 Å². The van der Waals surface area contributed by atoms with Gasteiger partial charge < -0.3 is 14.8 Å². The van der Waals surface area contributed by atoms with Gasteiger partial charge in [-0.1, -0.05) is 35.3 Å². The van der Waals surface area contributed by atoms with E-state index >= 15 is 0 Å². The van der Waals surface area contributed by atoms with Gasteiger partial charge in [-0.25, -0.2) is 0 Å². The second-order valence-corrected chi connectivity index (χ2v) is 6.75. The molecular formula is C19H21Cl2NO2. The molecule has 0 heterocycles. The fraction of sp³-hybridized carbons (Fsp3) is 0.368. The van der Waals surface area contributed by atoms with E-state index in [1.54, 1.807) is 0 Å². The highest BCUT2D eigenvalue weighted by molar-refractivity contribution is 6.32. The number of halogens is 2. The third kappa shape index (κ3) is 4.79. The fourth-order valence-corrected chi connectivity index (χ4v) is 2.83. The number of nitrogens with one attached hydrogen (secondary N) is 1. The number of rotatable bonds is 8. The molecule has 1 fully saturated rings. The van der Waals surface area contributed by atoms with Gasteiger partial charge in [-0.15, -0.1) is 0 Å². The standard InChI is InChI=1S/C19H21Cl2NO2/c1-2-23-18-10-14(11-22-16-7-8-16)9-17(21)19(18)24-12-13-3-5-15(20)6-4-13/h3-6,9-10,16,22H,2,7-8,11-12H2,1H3. The highest BCUT2D eigenvalue weighted by Crippen LogP contribution is 2.37. The van der Waals surface area contributed by atoms with Gasteiger partial charge in [0, 0.05) is 17.6 Å². The molecule has 1 aliphatic carbocycles. The second kappa shape index (κ2) is 8.11. The van der Waals surface area contributed by atoms with Gasteiger partial charge in [-0.2, -0.15) is 0 Å². The first kappa shape index (κ1) is 17.4. The monoisotopic (exact) mass is 365 g/mol. The zero-order valence-electron chi connectivity index (χ0n) is 13.6. The lowest BCUT2D eigenvalue weighted by atomic mass is 10.2. The molecule has 3 rings (SSSR count). The predicted octanol–water partition coefficient (Wildman–Crippen LogP) is 5.22. The SMILES string of the molecule is CCOc1cc(CNC2CC2)cc(Cl)c1OCc1ccc(Cl)cc1. The highest BCUT2D eigenvalue weighted by atomic mass is 35.5. The minimum absolute atomic E-state index is 0.413. The first-order valence-corrected chi connectivity index (χ1v) is 8.97. The van der Waals surface area contributed by atoms with Crippen LogP contribution in [0, 0.1) is 0 Å². The molecule has 0 atom stereocenters. The van der Waals surface area contributed by atoms with E-state index < -0.39 is 0 Å². The van der Waals surface area contributed by atoms with Crippen molar-refractivity contribution in [1.82, 2.24) is 5.32 Å². The number of hydrogen-bond acceptors (Lipinski definition) is 3. The lowest BCUT2D eigenvalue weighted by Crippen LogP contribution is -2.15. The maximum absolute atomic E-state index is 6.44. The van der Waals surface area contributed by atoms with E-state index in [2.05, 4.69) is 5.32 Å². The van der Waals surface area contributed by atoms with Crippen molar-refractivity contribution < 1.29 is 9.47 Å². The van der Waals surface area contributed by atoms with Gasteiger partial charge in [0.05, 0.1) is 11.6 Å². The molecule has 0 aliphatic heterocycles. The van der Waals surface area contributed by atoms with Crippen molar-refractivity contribution in [3.05, 3.63) is 57.6 Å². The van der Waals surface area contributed by atoms with Crippen LogP contribution in [-0.2, 0) is 13.2 Å². The molecule has 5 heteroatoms. The van der Waals surface area contributed by atoms with Crippen LogP contribution in [0.15, 0.2) is 36.4 Å². The highest BCUT2D eigenvalue weighted by Gasteiger charge is 2.20. The van der Waals surface area contributed by atoms with Crippen LogP contribution in [0.25, 0.3) is 0 Å². The van der Waals surface area contributed by atoms with Crippen molar-refractivity contribution in [3.8, 4) is 11.5 Å². The first-order chi connectivity index (χ1) is 11.7. The van der Waals surface area contributed by atoms with Crippen molar-refractivity contribution >= 4 is 23.2 Å². The quantitative estimate of drug-likeness (QED) is 0.695. The summed E-state index contributed by atoms with van der Waals surface area (Å²) in [5.41, 5.74) is 2.13. The maximum atomic E-state index is 6.44. The van der Waals surface area contributed by atoms with E-state index in [1.165, 1.54) is 12.8 Å². The zero-order valence-corrected chi connectivity index (χ0v) is 15.2. The summed E-state index contributed by atoms with van der Waals surface area (Å²) in [6.07, 6.45) is 2.52. The zero-order chi connectivity index (χ0) is 16.9. The minimum atomic E-state index is 0.413. The molecule has 1 aliphatic rings. The molecule has 0 radical (unpaired) electrons. The summed E-state index contributed by atoms with van der Waals surface area (Å²) in [5, 5.41) is 4.76. The van der Waals surface area contributed by atoms with Crippen LogP contribution in [-0.4, -0.2) is 12.6 Å². The molecular weight excluding hydrogens is 345 g/mol. The largest absolute Gasteiger partial charge is 0.490 e. The van der Waals surface area contributed by atoms with Gasteiger partial charge in [0.2, 0.25) is 0 Å². The maximum Gasteiger partial charge on any atom is 0.180 e. The minimum Gasteiger partial charge on any atom is -0.490 e. The van der Waals surface area contributed by atoms with Crippen LogP contribution in [0.4, 0.5) is 0 Å². The average Bonchev–Trinajstić information content (AvgIpc) is 3.38. The molecule has 3 nitrogen and oxygen atoms in total. The van der Waals surface area contributed by atoms with Crippen LogP contribution in [0.1, 0.15) is 30.9 Å². The molecule has 0 spiro atoms. The molecule has 2 aromatic carbocycles. The Bertz CT molecular complexity index is 685. The molecule has 0 bridgehead atoms. The normalized spacial score (nSPS) is 13.8. The molecule has 0 amide bonds. The van der Waals surface area contributed by atoms with Gasteiger partial charge in [-0.05, 0) is 55.2 Å². The van der Waals surface area contributed by atoms with Crippen LogP contribution in [0.5, 0.6) is 11.5 Å². The van der Waals surface area contributed by atoms with Gasteiger partial charge in [-0.3, -0.25) is 0 Å². The topological polar surface area (TPSA) is 30.5 Å². The van der Waals surface area contributed by atoms with Crippen molar-refractivity contribution in [2.75, 3.05) is 6.61 Å². The Hall–Kier alpha value is -1.42. The van der Waals surface area contributed by atoms with Crippen LogP contribution in [0.3, 0.4) is 0 Å². The molecule has 0 aromatic heterocycles. The van der Waals surface area contributed by atoms with E-state index in [1.807, 2.05) is 43.3 Å². The number of hydrogen-bond donors (Lipinski definition) is 1. The summed E-state index contributed by atoms with van der Waals surface area (Å²) in [6.45, 7) is 3.72. The van der Waals surface area contributed by atoms with Gasteiger partial charge in [0.1, 0.15) is 6.61 Å². The van der Waals surface area contributed by atoms with Crippen molar-refractivity contribution in [2.45, 2.75) is 39.0 Å². The first-order valence-electron chi connectivity index (χ1n) is 8.21. The smallest absolute Gasteiger partial charge is 0.180 e. The van der Waals surface area contributed by atoms with Crippen LogP contribution >= 0.6 is 23.2 Å². The third-order valence-corrected chi connectivity index (χ3v) is 4.37. The summed E-state index contributed by atoms with van der Waals surface area (Å²) < 4.78 is 11.6. The molecule has 0 saturated heterocycles. The number of ether oxygens (including phenoxy) is 2. The Morgan fingerprint density at radius 1 is 1.04 bits per heavy atom. The van der Waals surface area contributed by atoms with Crippen LogP contribution < -0.4 is 14.8 Å². The molecule has 1 N–H and O–H groups in total. The Morgan fingerprint density at radius 2 is 1.79 bits per heavy atom. The number of benzene rings is 2. The summed E-state index contributed by atoms with van der Waals surface area (Å²) in [5.74, 6) is 1.27. The Kier molecular flexibility index (Phi) is 5.88. The van der Waals surface area contributed by atoms with E-state index in [4.69, 9.17) is 32.7 Å². The van der Waals surface area contributed by atoms with E-state index in [0.717, 1.165) is 17.7 Å². The molecule has 1 saturated carbocycles. The van der Waals surface area contributed by atoms with Crippen LogP contribution in [0.2, 0.25) is 10.0 Å². The van der Waals surface area contributed by atoms with Crippen molar-refractivity contribution in [1.29, 1.82) is 0 Å². The van der Waals surface area contributed by atoms with Gasteiger partial charge >= 0.3 is 0 Å². The van der Waals surface area contributed by atoms with Gasteiger partial charge in [0.25, 0.3) is 0 Å². The summed E-state index contributed by atoms with van der Waals surface area (Å²) in [4.78, 5) is 0. The van der Waals surface area contributed by atoms with Crippen molar-refractivity contribution in [2.24, 2.45) is 0 Å². The molecule has 128 valence electrons. The average molecular weight is 366 g/mol. The van der Waals surface area contributed by atoms with E-state index in [9.17, 15) is 0 Å². The lowest BCUT2D eigenvalue weighted by Gasteiger charge is -2.15. The van der Waals surface area contributed by atoms with E-state index in [-0.39, 0.29) is 0 Å². The Morgan fingerprint density at radius 3 is 2.46 bits per heavy atom. The molecule has 2 aromatic rings. The van der Waals surface area contributed by atoms with E-state index in [0.29, 0.717) is 40.8 Å². The summed E-state index contributed by atoms with van der Waals surface area (Å²) >= 11 is 12.3. The predicted molar refractivity (Wildman–Crippen MR) is 98.3 cm³/mol. The fourth-order valence-electron chi connectivity index (χ4n) is 2.41. The van der Waals surface area contributed by atoms with Crippen molar-refractivity contribution in [3.63, 3.8) is 0 Å². The third-order valence-electron chi connectivity index (χ3n) is 3.84. The summed E-state index contributed by atoms with van der Waals surface area (Å²) in [6, 6.07) is 12.2. The summed E-state index contributed by atoms with van der Waals surface area (Å²) in [7, 11) is 0. The molecule has 0 unspecified atom stereocenters. The lowest BCUT2D eigenvalue weighted by molar-refractivity contribution is 0.269. The second-order valence-electron chi connectivity index (χ2n) is 5.91. The molecule has 24 heavy (non-hydrogen) atoms. The Labute approximate surface area is 152 Å². The Balaban J connectivity index is 1.72.